The predicted octanol–water partition coefficient (Wildman–Crippen LogP) is 5.95. The molecule has 0 spiro atoms. The van der Waals surface area contributed by atoms with Crippen molar-refractivity contribution in [1.29, 1.82) is 0 Å². The first-order valence-corrected chi connectivity index (χ1v) is 12.5. The van der Waals surface area contributed by atoms with Crippen LogP contribution in [0.3, 0.4) is 0 Å². The van der Waals surface area contributed by atoms with E-state index in [0.717, 1.165) is 25.3 Å². The highest BCUT2D eigenvalue weighted by Crippen LogP contribution is 2.32. The van der Waals surface area contributed by atoms with Crippen LogP contribution in [0.25, 0.3) is 0 Å². The average molecular weight is 578 g/mol. The molecule has 1 aliphatic rings. The summed E-state index contributed by atoms with van der Waals surface area (Å²) in [6.07, 6.45) is -5.08. The number of hydrogen-bond donors (Lipinski definition) is 3. The minimum Gasteiger partial charge on any atom is -0.478 e. The molecular formula is C28H27ClF3N3O5. The van der Waals surface area contributed by atoms with E-state index >= 15 is 0 Å². The Morgan fingerprint density at radius 1 is 0.975 bits per heavy atom. The SMILES string of the molecule is Cc1cccc(N2CCN(c3ccc(C(=O)O)cc3NC(=O)c3ccccc3Cl)CC2C)c1.O=C(O)C(F)(F)F. The van der Waals surface area contributed by atoms with Gasteiger partial charge in [0.15, 0.2) is 0 Å². The van der Waals surface area contributed by atoms with Gasteiger partial charge in [0.25, 0.3) is 5.91 Å². The van der Waals surface area contributed by atoms with Gasteiger partial charge < -0.3 is 25.3 Å². The summed E-state index contributed by atoms with van der Waals surface area (Å²) in [5.41, 5.74) is 4.10. The van der Waals surface area contributed by atoms with Crippen molar-refractivity contribution in [1.82, 2.24) is 0 Å². The molecule has 0 saturated carbocycles. The number of piperazine rings is 1. The van der Waals surface area contributed by atoms with Gasteiger partial charge in [-0.15, -0.1) is 0 Å². The zero-order valence-electron chi connectivity index (χ0n) is 21.6. The van der Waals surface area contributed by atoms with Gasteiger partial charge in [0.05, 0.1) is 27.5 Å². The van der Waals surface area contributed by atoms with E-state index in [1.807, 2.05) is 0 Å². The minimum absolute atomic E-state index is 0.111. The number of carbonyl (C=O) groups excluding carboxylic acids is 1. The number of carboxylic acid groups (broad SMARTS) is 2. The third kappa shape index (κ3) is 7.66. The van der Waals surface area contributed by atoms with Gasteiger partial charge in [-0.05, 0) is 61.9 Å². The molecule has 0 aliphatic carbocycles. The van der Waals surface area contributed by atoms with Gasteiger partial charge in [-0.2, -0.15) is 13.2 Å². The van der Waals surface area contributed by atoms with Crippen LogP contribution in [0.1, 0.15) is 33.2 Å². The van der Waals surface area contributed by atoms with E-state index < -0.39 is 18.1 Å². The zero-order chi connectivity index (χ0) is 29.6. The van der Waals surface area contributed by atoms with Crippen molar-refractivity contribution in [2.45, 2.75) is 26.1 Å². The number of rotatable bonds is 5. The number of amides is 1. The lowest BCUT2D eigenvalue weighted by molar-refractivity contribution is -0.192. The number of aliphatic carboxylic acids is 1. The maximum Gasteiger partial charge on any atom is 0.490 e. The topological polar surface area (TPSA) is 110 Å². The van der Waals surface area contributed by atoms with Crippen LogP contribution in [0.5, 0.6) is 0 Å². The Balaban J connectivity index is 0.000000559. The number of alkyl halides is 3. The van der Waals surface area contributed by atoms with E-state index in [9.17, 15) is 27.9 Å². The molecule has 3 aromatic rings. The van der Waals surface area contributed by atoms with Crippen LogP contribution in [0, 0.1) is 6.92 Å². The summed E-state index contributed by atoms with van der Waals surface area (Å²) < 4.78 is 31.7. The van der Waals surface area contributed by atoms with Crippen molar-refractivity contribution >= 4 is 46.5 Å². The molecule has 3 N–H and O–H groups in total. The number of anilines is 3. The van der Waals surface area contributed by atoms with Crippen LogP contribution < -0.4 is 15.1 Å². The lowest BCUT2D eigenvalue weighted by Gasteiger charge is -2.43. The van der Waals surface area contributed by atoms with Gasteiger partial charge in [0, 0.05) is 31.4 Å². The largest absolute Gasteiger partial charge is 0.490 e. The number of halogens is 4. The summed E-state index contributed by atoms with van der Waals surface area (Å²) in [7, 11) is 0. The number of carbonyl (C=O) groups is 3. The highest BCUT2D eigenvalue weighted by atomic mass is 35.5. The fourth-order valence-electron chi connectivity index (χ4n) is 4.25. The van der Waals surface area contributed by atoms with E-state index in [4.69, 9.17) is 21.5 Å². The minimum atomic E-state index is -5.08. The Kier molecular flexibility index (Phi) is 9.65. The van der Waals surface area contributed by atoms with Crippen LogP contribution >= 0.6 is 11.6 Å². The fraction of sp³-hybridized carbons (Fsp3) is 0.250. The first-order valence-electron chi connectivity index (χ1n) is 12.1. The van der Waals surface area contributed by atoms with Crippen molar-refractivity contribution in [3.8, 4) is 0 Å². The number of aryl methyl sites for hydroxylation is 1. The maximum absolute atomic E-state index is 12.9. The highest BCUT2D eigenvalue weighted by molar-refractivity contribution is 6.34. The molecular weight excluding hydrogens is 551 g/mol. The Labute approximate surface area is 233 Å². The smallest absolute Gasteiger partial charge is 0.478 e. The summed E-state index contributed by atoms with van der Waals surface area (Å²) in [6, 6.07) is 20.3. The van der Waals surface area contributed by atoms with Crippen molar-refractivity contribution in [3.05, 3.63) is 88.4 Å². The predicted molar refractivity (Wildman–Crippen MR) is 147 cm³/mol. The number of benzene rings is 3. The third-order valence-electron chi connectivity index (χ3n) is 6.15. The normalized spacial score (nSPS) is 15.1. The second-order valence-electron chi connectivity index (χ2n) is 9.10. The summed E-state index contributed by atoms with van der Waals surface area (Å²) in [5.74, 6) is -4.18. The number of nitrogens with zero attached hydrogens (tertiary/aromatic N) is 2. The van der Waals surface area contributed by atoms with Crippen LogP contribution in [0.15, 0.2) is 66.7 Å². The summed E-state index contributed by atoms with van der Waals surface area (Å²) in [5, 5.41) is 19.8. The molecule has 212 valence electrons. The van der Waals surface area contributed by atoms with Crippen LogP contribution in [-0.2, 0) is 4.79 Å². The molecule has 1 unspecified atom stereocenters. The van der Waals surface area contributed by atoms with Gasteiger partial charge >= 0.3 is 18.1 Å². The zero-order valence-corrected chi connectivity index (χ0v) is 22.3. The second kappa shape index (κ2) is 12.7. The second-order valence-corrected chi connectivity index (χ2v) is 9.51. The molecule has 0 aromatic heterocycles. The van der Waals surface area contributed by atoms with E-state index in [1.165, 1.54) is 17.3 Å². The molecule has 40 heavy (non-hydrogen) atoms. The molecule has 1 atom stereocenters. The molecule has 12 heteroatoms. The van der Waals surface area contributed by atoms with Gasteiger partial charge in [-0.25, -0.2) is 9.59 Å². The Hall–Kier alpha value is -4.25. The van der Waals surface area contributed by atoms with Gasteiger partial charge in [0.2, 0.25) is 0 Å². The molecule has 3 aromatic carbocycles. The molecule has 8 nitrogen and oxygen atoms in total. The van der Waals surface area contributed by atoms with E-state index in [0.29, 0.717) is 16.3 Å². The molecule has 1 fully saturated rings. The number of hydrogen-bond acceptors (Lipinski definition) is 5. The lowest BCUT2D eigenvalue weighted by Crippen LogP contribution is -2.52. The average Bonchev–Trinajstić information content (AvgIpc) is 2.88. The van der Waals surface area contributed by atoms with Crippen molar-refractivity contribution in [2.24, 2.45) is 0 Å². The molecule has 1 aliphatic heterocycles. The van der Waals surface area contributed by atoms with Gasteiger partial charge in [-0.3, -0.25) is 4.79 Å². The molecule has 1 heterocycles. The van der Waals surface area contributed by atoms with Crippen LogP contribution in [0.2, 0.25) is 5.02 Å². The third-order valence-corrected chi connectivity index (χ3v) is 6.48. The van der Waals surface area contributed by atoms with Gasteiger partial charge in [0.1, 0.15) is 0 Å². The Morgan fingerprint density at radius 2 is 1.65 bits per heavy atom. The van der Waals surface area contributed by atoms with Crippen LogP contribution in [-0.4, -0.2) is 59.9 Å². The molecule has 0 radical (unpaired) electrons. The molecule has 4 rings (SSSR count). The standard InChI is InChI=1S/C26H26ClN3O3.C2HF3O2/c1-17-6-5-7-20(14-17)30-13-12-29(16-18(30)2)24-11-10-19(26(32)33)15-23(24)28-25(31)21-8-3-4-9-22(21)27;3-2(4,5)1(6)7/h3-11,14-15,18H,12-13,16H2,1-2H3,(H,28,31)(H,32,33);(H,6,7). The summed E-state index contributed by atoms with van der Waals surface area (Å²) in [6.45, 7) is 6.53. The molecule has 0 bridgehead atoms. The van der Waals surface area contributed by atoms with E-state index in [2.05, 4.69) is 53.2 Å². The van der Waals surface area contributed by atoms with Crippen molar-refractivity contribution < 1.29 is 37.8 Å². The van der Waals surface area contributed by atoms with Crippen LogP contribution in [0.4, 0.5) is 30.2 Å². The quantitative estimate of drug-likeness (QED) is 0.344. The molecule has 1 amide bonds. The number of aromatic carboxylic acids is 1. The number of carboxylic acids is 2. The highest BCUT2D eigenvalue weighted by Gasteiger charge is 2.38. The Bertz CT molecular complexity index is 1400. The summed E-state index contributed by atoms with van der Waals surface area (Å²) >= 11 is 6.19. The van der Waals surface area contributed by atoms with E-state index in [-0.39, 0.29) is 17.5 Å². The first kappa shape index (κ1) is 30.3. The van der Waals surface area contributed by atoms with Gasteiger partial charge in [-0.1, -0.05) is 35.9 Å². The number of nitrogens with one attached hydrogen (secondary N) is 1. The monoisotopic (exact) mass is 577 g/mol. The van der Waals surface area contributed by atoms with Crippen molar-refractivity contribution in [2.75, 3.05) is 34.8 Å². The maximum atomic E-state index is 12.9. The first-order chi connectivity index (χ1) is 18.8. The Morgan fingerprint density at radius 3 is 2.23 bits per heavy atom. The lowest BCUT2D eigenvalue weighted by atomic mass is 10.1. The fourth-order valence-corrected chi connectivity index (χ4v) is 4.47. The molecule has 1 saturated heterocycles. The van der Waals surface area contributed by atoms with Crippen molar-refractivity contribution in [3.63, 3.8) is 0 Å². The van der Waals surface area contributed by atoms with E-state index in [1.54, 1.807) is 36.4 Å². The summed E-state index contributed by atoms with van der Waals surface area (Å²) in [4.78, 5) is 37.9.